The number of anilines is 1. The number of unbranched alkanes of at least 4 members (excludes halogenated alkanes) is 3. The van der Waals surface area contributed by atoms with Crippen LogP contribution in [0.25, 0.3) is 0 Å². The van der Waals surface area contributed by atoms with E-state index in [0.717, 1.165) is 32.1 Å². The summed E-state index contributed by atoms with van der Waals surface area (Å²) in [6.07, 6.45) is 5.41. The van der Waals surface area contributed by atoms with Gasteiger partial charge in [0, 0.05) is 11.4 Å². The topological polar surface area (TPSA) is 64.3 Å². The van der Waals surface area contributed by atoms with E-state index in [4.69, 9.17) is 22.1 Å². The Hall–Kier alpha value is -0.970. The SMILES string of the molecule is CCCOc1ccc(Cl)cc1NC(=O)CCCCCCN.Cl. The maximum absolute atomic E-state index is 11.9. The predicted octanol–water partition coefficient (Wildman–Crippen LogP) is 4.40. The fourth-order valence-electron chi connectivity index (χ4n) is 1.93. The summed E-state index contributed by atoms with van der Waals surface area (Å²) < 4.78 is 5.61. The van der Waals surface area contributed by atoms with Crippen LogP contribution in [0.2, 0.25) is 5.02 Å². The van der Waals surface area contributed by atoms with Crippen molar-refractivity contribution in [1.29, 1.82) is 0 Å². The molecule has 0 fully saturated rings. The van der Waals surface area contributed by atoms with Gasteiger partial charge in [-0.2, -0.15) is 0 Å². The van der Waals surface area contributed by atoms with E-state index in [0.29, 0.717) is 36.0 Å². The van der Waals surface area contributed by atoms with Crippen LogP contribution in [0.15, 0.2) is 18.2 Å². The molecule has 126 valence electrons. The summed E-state index contributed by atoms with van der Waals surface area (Å²) in [5.41, 5.74) is 6.08. The second-order valence-corrected chi connectivity index (χ2v) is 5.43. The monoisotopic (exact) mass is 348 g/mol. The lowest BCUT2D eigenvalue weighted by molar-refractivity contribution is -0.116. The molecule has 0 aliphatic rings. The number of nitrogens with one attached hydrogen (secondary N) is 1. The highest BCUT2D eigenvalue weighted by Crippen LogP contribution is 2.28. The van der Waals surface area contributed by atoms with Gasteiger partial charge in [0.25, 0.3) is 0 Å². The maximum Gasteiger partial charge on any atom is 0.224 e. The van der Waals surface area contributed by atoms with Crippen molar-refractivity contribution >= 4 is 35.6 Å². The molecule has 0 heterocycles. The smallest absolute Gasteiger partial charge is 0.224 e. The van der Waals surface area contributed by atoms with Crippen LogP contribution in [0.5, 0.6) is 5.75 Å². The van der Waals surface area contributed by atoms with E-state index in [-0.39, 0.29) is 18.3 Å². The Morgan fingerprint density at radius 2 is 2.00 bits per heavy atom. The minimum atomic E-state index is -0.00800. The summed E-state index contributed by atoms with van der Waals surface area (Å²) >= 11 is 5.98. The number of halogens is 2. The molecule has 0 bridgehead atoms. The van der Waals surface area contributed by atoms with Crippen LogP contribution in [0.4, 0.5) is 5.69 Å². The second-order valence-electron chi connectivity index (χ2n) is 4.99. The van der Waals surface area contributed by atoms with Crippen LogP contribution in [0.3, 0.4) is 0 Å². The lowest BCUT2D eigenvalue weighted by Crippen LogP contribution is -2.12. The van der Waals surface area contributed by atoms with Gasteiger partial charge in [0.2, 0.25) is 5.91 Å². The van der Waals surface area contributed by atoms with Crippen molar-refractivity contribution in [1.82, 2.24) is 0 Å². The molecule has 0 saturated heterocycles. The van der Waals surface area contributed by atoms with E-state index in [1.807, 2.05) is 6.92 Å². The number of benzene rings is 1. The molecule has 6 heteroatoms. The quantitative estimate of drug-likeness (QED) is 0.616. The van der Waals surface area contributed by atoms with Gasteiger partial charge in [-0.25, -0.2) is 0 Å². The fourth-order valence-corrected chi connectivity index (χ4v) is 2.11. The average molecular weight is 349 g/mol. The van der Waals surface area contributed by atoms with Crippen LogP contribution in [-0.2, 0) is 4.79 Å². The molecule has 1 rings (SSSR count). The zero-order valence-corrected chi connectivity index (χ0v) is 14.6. The van der Waals surface area contributed by atoms with Gasteiger partial charge in [0.05, 0.1) is 12.3 Å². The van der Waals surface area contributed by atoms with Gasteiger partial charge in [-0.05, 0) is 44.0 Å². The highest BCUT2D eigenvalue weighted by molar-refractivity contribution is 6.31. The van der Waals surface area contributed by atoms with Gasteiger partial charge >= 0.3 is 0 Å². The highest BCUT2D eigenvalue weighted by atomic mass is 35.5. The van der Waals surface area contributed by atoms with Gasteiger partial charge in [-0.1, -0.05) is 31.4 Å². The van der Waals surface area contributed by atoms with E-state index in [1.54, 1.807) is 18.2 Å². The third-order valence-corrected chi connectivity index (χ3v) is 3.27. The summed E-state index contributed by atoms with van der Waals surface area (Å²) in [4.78, 5) is 11.9. The Bertz CT molecular complexity index is 442. The molecular formula is C16H26Cl2N2O2. The first kappa shape index (κ1) is 21.0. The van der Waals surface area contributed by atoms with Crippen molar-refractivity contribution in [3.05, 3.63) is 23.2 Å². The second kappa shape index (κ2) is 12.6. The van der Waals surface area contributed by atoms with Crippen molar-refractivity contribution in [2.24, 2.45) is 5.73 Å². The lowest BCUT2D eigenvalue weighted by Gasteiger charge is -2.12. The van der Waals surface area contributed by atoms with Crippen molar-refractivity contribution in [3.63, 3.8) is 0 Å². The standard InChI is InChI=1S/C16H25ClN2O2.ClH/c1-2-11-21-15-9-8-13(17)12-14(15)19-16(20)7-5-3-4-6-10-18;/h8-9,12H,2-7,10-11,18H2,1H3,(H,19,20);1H. The molecule has 1 aromatic rings. The predicted molar refractivity (Wildman–Crippen MR) is 95.3 cm³/mol. The molecule has 1 aromatic carbocycles. The van der Waals surface area contributed by atoms with Crippen molar-refractivity contribution in [3.8, 4) is 5.75 Å². The fraction of sp³-hybridized carbons (Fsp3) is 0.562. The molecular weight excluding hydrogens is 323 g/mol. The third-order valence-electron chi connectivity index (χ3n) is 3.04. The largest absolute Gasteiger partial charge is 0.491 e. The Labute approximate surface area is 144 Å². The number of carbonyl (C=O) groups is 1. The maximum atomic E-state index is 11.9. The highest BCUT2D eigenvalue weighted by Gasteiger charge is 2.08. The summed E-state index contributed by atoms with van der Waals surface area (Å²) in [7, 11) is 0. The summed E-state index contributed by atoms with van der Waals surface area (Å²) in [6, 6.07) is 5.27. The summed E-state index contributed by atoms with van der Waals surface area (Å²) in [5.74, 6) is 0.657. The van der Waals surface area contributed by atoms with Crippen LogP contribution in [-0.4, -0.2) is 19.1 Å². The zero-order chi connectivity index (χ0) is 15.5. The number of amides is 1. The van der Waals surface area contributed by atoms with Crippen molar-refractivity contribution in [2.45, 2.75) is 45.4 Å². The molecule has 0 radical (unpaired) electrons. The minimum absolute atomic E-state index is 0. The molecule has 0 atom stereocenters. The number of hydrogen-bond donors (Lipinski definition) is 2. The lowest BCUT2D eigenvalue weighted by atomic mass is 10.1. The molecule has 0 aliphatic heterocycles. The van der Waals surface area contributed by atoms with Gasteiger partial charge in [-0.15, -0.1) is 12.4 Å². The first-order chi connectivity index (χ1) is 10.2. The van der Waals surface area contributed by atoms with Crippen molar-refractivity contribution in [2.75, 3.05) is 18.5 Å². The van der Waals surface area contributed by atoms with Gasteiger partial charge in [-0.3, -0.25) is 4.79 Å². The molecule has 22 heavy (non-hydrogen) atoms. The van der Waals surface area contributed by atoms with E-state index < -0.39 is 0 Å². The number of carbonyl (C=O) groups excluding carboxylic acids is 1. The van der Waals surface area contributed by atoms with Gasteiger partial charge in [0.1, 0.15) is 5.75 Å². The molecule has 4 nitrogen and oxygen atoms in total. The zero-order valence-electron chi connectivity index (χ0n) is 13.1. The third kappa shape index (κ3) is 8.47. The Balaban J connectivity index is 0.00000441. The Morgan fingerprint density at radius 1 is 1.27 bits per heavy atom. The first-order valence-corrected chi connectivity index (χ1v) is 7.97. The van der Waals surface area contributed by atoms with Crippen LogP contribution in [0, 0.1) is 0 Å². The van der Waals surface area contributed by atoms with E-state index in [1.165, 1.54) is 0 Å². The van der Waals surface area contributed by atoms with E-state index in [2.05, 4.69) is 5.32 Å². The molecule has 1 amide bonds. The minimum Gasteiger partial charge on any atom is -0.491 e. The van der Waals surface area contributed by atoms with Crippen LogP contribution < -0.4 is 15.8 Å². The van der Waals surface area contributed by atoms with Crippen LogP contribution >= 0.6 is 24.0 Å². The number of nitrogens with two attached hydrogens (primary N) is 1. The molecule has 0 aromatic heterocycles. The first-order valence-electron chi connectivity index (χ1n) is 7.59. The van der Waals surface area contributed by atoms with Gasteiger partial charge in [0.15, 0.2) is 0 Å². The summed E-state index contributed by atoms with van der Waals surface area (Å²) in [5, 5.41) is 3.46. The normalized spacial score (nSPS) is 9.95. The van der Waals surface area contributed by atoms with Crippen LogP contribution in [0.1, 0.15) is 45.4 Å². The van der Waals surface area contributed by atoms with Crippen molar-refractivity contribution < 1.29 is 9.53 Å². The average Bonchev–Trinajstić information content (AvgIpc) is 2.46. The Morgan fingerprint density at radius 3 is 2.68 bits per heavy atom. The molecule has 3 N–H and O–H groups in total. The van der Waals surface area contributed by atoms with E-state index >= 15 is 0 Å². The van der Waals surface area contributed by atoms with E-state index in [9.17, 15) is 4.79 Å². The molecule has 0 saturated carbocycles. The molecule has 0 aliphatic carbocycles. The number of ether oxygens (including phenoxy) is 1. The molecule has 0 unspecified atom stereocenters. The molecule has 0 spiro atoms. The Kier molecular flexibility index (Phi) is 12.0. The number of rotatable bonds is 10. The van der Waals surface area contributed by atoms with Gasteiger partial charge < -0.3 is 15.8 Å². The number of hydrogen-bond acceptors (Lipinski definition) is 3. The summed E-state index contributed by atoms with van der Waals surface area (Å²) in [6.45, 7) is 3.37.